The van der Waals surface area contributed by atoms with Crippen molar-refractivity contribution in [3.05, 3.63) is 95.2 Å². The zero-order valence-electron chi connectivity index (χ0n) is 16.7. The van der Waals surface area contributed by atoms with Crippen LogP contribution in [-0.4, -0.2) is 20.0 Å². The number of nitrogens with zero attached hydrogens (tertiary/aromatic N) is 3. The maximum absolute atomic E-state index is 13.0. The smallest absolute Gasteiger partial charge is 0.255 e. The molecule has 5 aromatic rings. The quantitative estimate of drug-likeness (QED) is 0.313. The van der Waals surface area contributed by atoms with Gasteiger partial charge in [-0.25, -0.2) is 0 Å². The van der Waals surface area contributed by atoms with Crippen molar-refractivity contribution >= 4 is 38.5 Å². The van der Waals surface area contributed by atoms with Crippen molar-refractivity contribution in [2.75, 3.05) is 0 Å². The van der Waals surface area contributed by atoms with Gasteiger partial charge in [0.25, 0.3) is 11.5 Å². The molecule has 0 atom stereocenters. The first-order valence-corrected chi connectivity index (χ1v) is 9.75. The molecule has 0 spiro atoms. The summed E-state index contributed by atoms with van der Waals surface area (Å²) in [5, 5.41) is 3.66. The Morgan fingerprint density at radius 2 is 1.77 bits per heavy atom. The molecule has 0 bridgehead atoms. The molecule has 146 valence electrons. The maximum atomic E-state index is 13.0. The molecular formula is C25H19N3O2. The summed E-state index contributed by atoms with van der Waals surface area (Å²) in [7, 11) is 0. The van der Waals surface area contributed by atoms with Gasteiger partial charge >= 0.3 is 0 Å². The highest BCUT2D eigenvalue weighted by Crippen LogP contribution is 2.27. The predicted octanol–water partition coefficient (Wildman–Crippen LogP) is 5.02. The highest BCUT2D eigenvalue weighted by Gasteiger charge is 2.12. The molecule has 0 aliphatic carbocycles. The van der Waals surface area contributed by atoms with Crippen molar-refractivity contribution in [1.82, 2.24) is 14.1 Å². The minimum Gasteiger partial charge on any atom is -0.290 e. The van der Waals surface area contributed by atoms with Crippen molar-refractivity contribution in [1.29, 1.82) is 0 Å². The number of fused-ring (bicyclic) bond motifs is 4. The fourth-order valence-corrected chi connectivity index (χ4v) is 3.90. The van der Waals surface area contributed by atoms with Crippen molar-refractivity contribution in [3.63, 3.8) is 0 Å². The topological polar surface area (TPSA) is 56.9 Å². The number of carbonyl (C=O) groups is 1. The number of rotatable bonds is 2. The molecule has 0 amide bonds. The first-order chi connectivity index (χ1) is 14.5. The lowest BCUT2D eigenvalue weighted by atomic mass is 10.1. The molecule has 0 N–H and O–H groups in total. The standard InChI is InChI=1S/C25H19N3O2/c1-3-4-23(29)27-14-18-6-8-20(12-19(18)15-27)28-24(30)10-7-17-13-26-22-9-5-16(2)11-21(22)25(17)28/h3-15H,1-2H3/b4-3+. The van der Waals surface area contributed by atoms with E-state index >= 15 is 0 Å². The van der Waals surface area contributed by atoms with E-state index in [4.69, 9.17) is 0 Å². The molecule has 0 aliphatic rings. The number of aryl methyl sites for hydroxylation is 1. The summed E-state index contributed by atoms with van der Waals surface area (Å²) in [5.41, 5.74) is 3.43. The monoisotopic (exact) mass is 393 g/mol. The highest BCUT2D eigenvalue weighted by molar-refractivity contribution is 6.04. The summed E-state index contributed by atoms with van der Waals surface area (Å²) in [5.74, 6) is -0.106. The fourth-order valence-electron chi connectivity index (χ4n) is 3.90. The van der Waals surface area contributed by atoms with Crippen LogP contribution in [0.15, 0.2) is 84.1 Å². The van der Waals surface area contributed by atoms with Gasteiger partial charge in [0.2, 0.25) is 0 Å². The molecule has 5 heteroatoms. The van der Waals surface area contributed by atoms with E-state index in [2.05, 4.69) is 11.1 Å². The van der Waals surface area contributed by atoms with Gasteiger partial charge in [-0.3, -0.25) is 23.7 Å². The van der Waals surface area contributed by atoms with Crippen molar-refractivity contribution in [3.8, 4) is 5.69 Å². The third-order valence-corrected chi connectivity index (χ3v) is 5.32. The maximum Gasteiger partial charge on any atom is 0.255 e. The fraction of sp³-hybridized carbons (Fsp3) is 0.0800. The molecule has 0 saturated heterocycles. The van der Waals surface area contributed by atoms with Crippen molar-refractivity contribution in [2.24, 2.45) is 0 Å². The van der Waals surface area contributed by atoms with Crippen LogP contribution in [0.5, 0.6) is 0 Å². The average molecular weight is 393 g/mol. The minimum absolute atomic E-state index is 0.106. The molecule has 0 aliphatic heterocycles. The first kappa shape index (κ1) is 18.1. The summed E-state index contributed by atoms with van der Waals surface area (Å²) < 4.78 is 3.28. The SMILES string of the molecule is C/C=C/C(=O)n1cc2ccc(-n3c(=O)ccc4cnc5ccc(C)cc5c43)cc2c1. The van der Waals surface area contributed by atoms with E-state index in [-0.39, 0.29) is 11.5 Å². The molecule has 0 saturated carbocycles. The van der Waals surface area contributed by atoms with Crippen LogP contribution >= 0.6 is 0 Å². The zero-order chi connectivity index (χ0) is 20.8. The van der Waals surface area contributed by atoms with Gasteiger partial charge in [0.05, 0.1) is 11.0 Å². The van der Waals surface area contributed by atoms with Gasteiger partial charge in [-0.05, 0) is 50.3 Å². The molecule has 3 heterocycles. The van der Waals surface area contributed by atoms with E-state index in [1.54, 1.807) is 39.9 Å². The van der Waals surface area contributed by atoms with E-state index in [1.165, 1.54) is 6.08 Å². The third-order valence-electron chi connectivity index (χ3n) is 5.32. The summed E-state index contributed by atoms with van der Waals surface area (Å²) >= 11 is 0. The van der Waals surface area contributed by atoms with Crippen LogP contribution in [0.2, 0.25) is 0 Å². The summed E-state index contributed by atoms with van der Waals surface area (Å²) in [6, 6.07) is 15.2. The minimum atomic E-state index is -0.111. The van der Waals surface area contributed by atoms with Crippen LogP contribution in [0.1, 0.15) is 17.3 Å². The zero-order valence-corrected chi connectivity index (χ0v) is 16.7. The molecule has 3 aromatic heterocycles. The molecule has 5 nitrogen and oxygen atoms in total. The van der Waals surface area contributed by atoms with Gasteiger partial charge in [-0.2, -0.15) is 0 Å². The lowest BCUT2D eigenvalue weighted by Crippen LogP contribution is -2.17. The Morgan fingerprint density at radius 1 is 0.967 bits per heavy atom. The Bertz CT molecular complexity index is 1550. The Labute approximate surface area is 172 Å². The van der Waals surface area contributed by atoms with E-state index in [0.29, 0.717) is 0 Å². The van der Waals surface area contributed by atoms with Crippen molar-refractivity contribution in [2.45, 2.75) is 13.8 Å². The van der Waals surface area contributed by atoms with Crippen LogP contribution in [0.3, 0.4) is 0 Å². The predicted molar refractivity (Wildman–Crippen MR) is 121 cm³/mol. The van der Waals surface area contributed by atoms with Gasteiger partial charge < -0.3 is 0 Å². The highest BCUT2D eigenvalue weighted by atomic mass is 16.1. The Hall–Kier alpha value is -3.99. The second-order valence-corrected chi connectivity index (χ2v) is 7.41. The van der Waals surface area contributed by atoms with Crippen LogP contribution in [0.25, 0.3) is 38.3 Å². The second kappa shape index (κ2) is 6.81. The Balaban J connectivity index is 1.81. The lowest BCUT2D eigenvalue weighted by molar-refractivity contribution is 0.0969. The largest absolute Gasteiger partial charge is 0.290 e. The number of allylic oxidation sites excluding steroid dienone is 2. The van der Waals surface area contributed by atoms with Crippen LogP contribution in [0, 0.1) is 6.92 Å². The van der Waals surface area contributed by atoms with E-state index < -0.39 is 0 Å². The van der Waals surface area contributed by atoms with Crippen molar-refractivity contribution < 1.29 is 4.79 Å². The van der Waals surface area contributed by atoms with Crippen LogP contribution in [0.4, 0.5) is 0 Å². The van der Waals surface area contributed by atoms with E-state index in [9.17, 15) is 9.59 Å². The second-order valence-electron chi connectivity index (χ2n) is 7.41. The molecule has 5 rings (SSSR count). The van der Waals surface area contributed by atoms with Crippen LogP contribution in [-0.2, 0) is 0 Å². The number of hydrogen-bond donors (Lipinski definition) is 0. The van der Waals surface area contributed by atoms with Gasteiger partial charge in [-0.1, -0.05) is 23.8 Å². The first-order valence-electron chi connectivity index (χ1n) is 9.75. The lowest BCUT2D eigenvalue weighted by Gasteiger charge is -2.13. The third kappa shape index (κ3) is 2.83. The molecule has 0 radical (unpaired) electrons. The summed E-state index contributed by atoms with van der Waals surface area (Å²) in [4.78, 5) is 29.7. The Kier molecular flexibility index (Phi) is 4.10. The van der Waals surface area contributed by atoms with Gasteiger partial charge in [0, 0.05) is 51.9 Å². The van der Waals surface area contributed by atoms with E-state index in [1.807, 2.05) is 50.2 Å². The van der Waals surface area contributed by atoms with Gasteiger partial charge in [0.1, 0.15) is 0 Å². The average Bonchev–Trinajstić information content (AvgIpc) is 3.17. The van der Waals surface area contributed by atoms with E-state index in [0.717, 1.165) is 43.8 Å². The summed E-state index contributed by atoms with van der Waals surface area (Å²) in [6.07, 6.45) is 8.64. The molecule has 0 unspecified atom stereocenters. The number of hydrogen-bond acceptors (Lipinski definition) is 3. The number of carbonyl (C=O) groups excluding carboxylic acids is 1. The Morgan fingerprint density at radius 3 is 2.60 bits per heavy atom. The molecule has 2 aromatic carbocycles. The molecule has 30 heavy (non-hydrogen) atoms. The molecule has 0 fully saturated rings. The van der Waals surface area contributed by atoms with Gasteiger partial charge in [0.15, 0.2) is 0 Å². The van der Waals surface area contributed by atoms with Gasteiger partial charge in [-0.15, -0.1) is 0 Å². The molecular weight excluding hydrogens is 374 g/mol. The number of aromatic nitrogens is 3. The van der Waals surface area contributed by atoms with Crippen LogP contribution < -0.4 is 5.56 Å². The normalized spacial score (nSPS) is 11.8. The number of pyridine rings is 2. The number of benzene rings is 2. The summed E-state index contributed by atoms with van der Waals surface area (Å²) in [6.45, 7) is 3.84.